The maximum atomic E-state index is 12.5. The van der Waals surface area contributed by atoms with E-state index in [4.69, 9.17) is 10.00 Å². The number of aliphatic hydroxyl groups is 1. The SMILES string of the molecule is N#Cc1ccc(OCC(O)CN2C(=O)NC3(CCCC3)C2=O)cc1. The maximum Gasteiger partial charge on any atom is 0.325 e. The monoisotopic (exact) mass is 329 g/mol. The fourth-order valence-corrected chi connectivity index (χ4v) is 3.24. The van der Waals surface area contributed by atoms with Gasteiger partial charge in [-0.25, -0.2) is 4.79 Å². The predicted molar refractivity (Wildman–Crippen MR) is 84.1 cm³/mol. The number of hydrogen-bond donors (Lipinski definition) is 2. The van der Waals surface area contributed by atoms with Crippen molar-refractivity contribution in [2.45, 2.75) is 37.3 Å². The quantitative estimate of drug-likeness (QED) is 0.789. The normalized spacial score (nSPS) is 20.1. The second-order valence-corrected chi connectivity index (χ2v) is 6.24. The van der Waals surface area contributed by atoms with Crippen LogP contribution in [0.5, 0.6) is 5.75 Å². The lowest BCUT2D eigenvalue weighted by Gasteiger charge is -2.21. The van der Waals surface area contributed by atoms with Crippen molar-refractivity contribution in [2.24, 2.45) is 0 Å². The van der Waals surface area contributed by atoms with Crippen molar-refractivity contribution in [3.63, 3.8) is 0 Å². The summed E-state index contributed by atoms with van der Waals surface area (Å²) in [5, 5.41) is 21.6. The molecule has 1 saturated carbocycles. The molecule has 0 bridgehead atoms. The van der Waals surface area contributed by atoms with E-state index in [1.165, 1.54) is 0 Å². The van der Waals surface area contributed by atoms with E-state index in [1.54, 1.807) is 24.3 Å². The van der Waals surface area contributed by atoms with Crippen LogP contribution in [0.2, 0.25) is 0 Å². The molecular formula is C17H19N3O4. The molecule has 1 saturated heterocycles. The summed E-state index contributed by atoms with van der Waals surface area (Å²) < 4.78 is 5.44. The molecule has 7 nitrogen and oxygen atoms in total. The van der Waals surface area contributed by atoms with E-state index in [-0.39, 0.29) is 19.1 Å². The first-order valence-electron chi connectivity index (χ1n) is 7.99. The zero-order chi connectivity index (χ0) is 17.2. The first-order chi connectivity index (χ1) is 11.5. The molecule has 1 aliphatic heterocycles. The van der Waals surface area contributed by atoms with Crippen LogP contribution in [0.3, 0.4) is 0 Å². The van der Waals surface area contributed by atoms with Gasteiger partial charge in [-0.05, 0) is 37.1 Å². The van der Waals surface area contributed by atoms with Crippen LogP contribution in [0.25, 0.3) is 0 Å². The van der Waals surface area contributed by atoms with Crippen LogP contribution in [0.1, 0.15) is 31.2 Å². The van der Waals surface area contributed by atoms with Crippen LogP contribution in [-0.4, -0.2) is 46.7 Å². The number of benzene rings is 1. The van der Waals surface area contributed by atoms with Crippen molar-refractivity contribution in [1.29, 1.82) is 5.26 Å². The van der Waals surface area contributed by atoms with Crippen molar-refractivity contribution in [3.8, 4) is 11.8 Å². The molecule has 7 heteroatoms. The third-order valence-corrected chi connectivity index (χ3v) is 4.52. The van der Waals surface area contributed by atoms with Gasteiger partial charge >= 0.3 is 6.03 Å². The summed E-state index contributed by atoms with van der Waals surface area (Å²) in [6.45, 7) is -0.140. The average molecular weight is 329 g/mol. The van der Waals surface area contributed by atoms with Gasteiger partial charge in [-0.2, -0.15) is 5.26 Å². The summed E-state index contributed by atoms with van der Waals surface area (Å²) in [7, 11) is 0. The highest BCUT2D eigenvalue weighted by atomic mass is 16.5. The Hall–Kier alpha value is -2.59. The van der Waals surface area contributed by atoms with Crippen molar-refractivity contribution < 1.29 is 19.4 Å². The Morgan fingerprint density at radius 3 is 2.58 bits per heavy atom. The molecule has 1 spiro atoms. The Kier molecular flexibility index (Phi) is 4.40. The van der Waals surface area contributed by atoms with Gasteiger partial charge in [0, 0.05) is 0 Å². The van der Waals surface area contributed by atoms with Gasteiger partial charge in [-0.15, -0.1) is 0 Å². The molecule has 126 valence electrons. The molecule has 1 aromatic rings. The van der Waals surface area contributed by atoms with Gasteiger partial charge in [0.25, 0.3) is 5.91 Å². The van der Waals surface area contributed by atoms with Gasteiger partial charge in [-0.1, -0.05) is 12.8 Å². The van der Waals surface area contributed by atoms with E-state index in [1.807, 2.05) is 6.07 Å². The zero-order valence-electron chi connectivity index (χ0n) is 13.2. The first-order valence-corrected chi connectivity index (χ1v) is 7.99. The van der Waals surface area contributed by atoms with Gasteiger partial charge in [-0.3, -0.25) is 9.69 Å². The summed E-state index contributed by atoms with van der Waals surface area (Å²) in [4.78, 5) is 25.6. The van der Waals surface area contributed by atoms with Crippen LogP contribution in [-0.2, 0) is 4.79 Å². The van der Waals surface area contributed by atoms with E-state index in [2.05, 4.69) is 5.32 Å². The molecule has 1 aromatic carbocycles. The largest absolute Gasteiger partial charge is 0.491 e. The zero-order valence-corrected chi connectivity index (χ0v) is 13.2. The summed E-state index contributed by atoms with van der Waals surface area (Å²) in [6, 6.07) is 8.05. The molecule has 3 amide bonds. The van der Waals surface area contributed by atoms with Crippen LogP contribution < -0.4 is 10.1 Å². The molecule has 1 atom stereocenters. The maximum absolute atomic E-state index is 12.5. The Morgan fingerprint density at radius 2 is 1.96 bits per heavy atom. The average Bonchev–Trinajstić information content (AvgIpc) is 3.14. The lowest BCUT2D eigenvalue weighted by molar-refractivity contribution is -0.132. The van der Waals surface area contributed by atoms with Gasteiger partial charge in [0.1, 0.15) is 24.0 Å². The van der Waals surface area contributed by atoms with Crippen molar-refractivity contribution in [1.82, 2.24) is 10.2 Å². The van der Waals surface area contributed by atoms with Crippen molar-refractivity contribution >= 4 is 11.9 Å². The number of imide groups is 1. The predicted octanol–water partition coefficient (Wildman–Crippen LogP) is 1.16. The van der Waals surface area contributed by atoms with Gasteiger partial charge in [0.05, 0.1) is 18.2 Å². The summed E-state index contributed by atoms with van der Waals surface area (Å²) in [5.41, 5.74) is -0.241. The highest BCUT2D eigenvalue weighted by Gasteiger charge is 2.52. The van der Waals surface area contributed by atoms with Gasteiger partial charge in [0.15, 0.2) is 0 Å². The van der Waals surface area contributed by atoms with Crippen LogP contribution in [0.15, 0.2) is 24.3 Å². The minimum Gasteiger partial charge on any atom is -0.491 e. The summed E-state index contributed by atoms with van der Waals surface area (Å²) in [6.07, 6.45) is 2.18. The fraction of sp³-hybridized carbons (Fsp3) is 0.471. The van der Waals surface area contributed by atoms with Crippen molar-refractivity contribution in [3.05, 3.63) is 29.8 Å². The fourth-order valence-electron chi connectivity index (χ4n) is 3.24. The molecule has 2 aliphatic rings. The number of nitrogens with one attached hydrogen (secondary N) is 1. The van der Waals surface area contributed by atoms with Gasteiger partial charge < -0.3 is 15.2 Å². The summed E-state index contributed by atoms with van der Waals surface area (Å²) in [5.74, 6) is 0.264. The number of nitriles is 1. The topological polar surface area (TPSA) is 103 Å². The lowest BCUT2D eigenvalue weighted by Crippen LogP contribution is -2.45. The van der Waals surface area contributed by atoms with Crippen LogP contribution in [0.4, 0.5) is 4.79 Å². The minimum atomic E-state index is -0.980. The standard InChI is InChI=1S/C17H19N3O4/c18-9-12-3-5-14(6-4-12)24-11-13(21)10-20-15(22)17(19-16(20)23)7-1-2-8-17/h3-6,13,21H,1-2,7-8,10-11H2,(H,19,23). The molecule has 0 radical (unpaired) electrons. The van der Waals surface area contributed by atoms with E-state index in [0.29, 0.717) is 24.2 Å². The molecule has 1 heterocycles. The number of hydrogen-bond acceptors (Lipinski definition) is 5. The number of aliphatic hydroxyl groups excluding tert-OH is 1. The van der Waals surface area contributed by atoms with E-state index in [0.717, 1.165) is 17.7 Å². The molecule has 1 aliphatic carbocycles. The van der Waals surface area contributed by atoms with Crippen molar-refractivity contribution in [2.75, 3.05) is 13.2 Å². The molecule has 24 heavy (non-hydrogen) atoms. The Labute approximate surface area is 139 Å². The number of carbonyl (C=O) groups is 2. The molecule has 1 unspecified atom stereocenters. The number of ether oxygens (including phenoxy) is 1. The second-order valence-electron chi connectivity index (χ2n) is 6.24. The molecule has 2 fully saturated rings. The highest BCUT2D eigenvalue weighted by Crippen LogP contribution is 2.35. The molecule has 3 rings (SSSR count). The number of β-amino-alcohol motifs (C(OH)–C–C–N with tert-alkyl or cyclic N) is 1. The Balaban J connectivity index is 1.54. The van der Waals surface area contributed by atoms with E-state index < -0.39 is 17.7 Å². The molecule has 0 aromatic heterocycles. The number of rotatable bonds is 5. The number of carbonyl (C=O) groups excluding carboxylic acids is 2. The highest BCUT2D eigenvalue weighted by molar-refractivity contribution is 6.07. The number of urea groups is 1. The van der Waals surface area contributed by atoms with E-state index in [9.17, 15) is 14.7 Å². The second kappa shape index (κ2) is 6.49. The summed E-state index contributed by atoms with van der Waals surface area (Å²) >= 11 is 0. The number of amides is 3. The molecule has 2 N–H and O–H groups in total. The number of nitrogens with zero attached hydrogens (tertiary/aromatic N) is 2. The Morgan fingerprint density at radius 1 is 1.29 bits per heavy atom. The third kappa shape index (κ3) is 3.05. The molecular weight excluding hydrogens is 310 g/mol. The Bertz CT molecular complexity index is 674. The lowest BCUT2D eigenvalue weighted by atomic mass is 9.98. The smallest absolute Gasteiger partial charge is 0.325 e. The minimum absolute atomic E-state index is 0.0457. The van der Waals surface area contributed by atoms with E-state index >= 15 is 0 Å². The van der Waals surface area contributed by atoms with Crippen LogP contribution in [0, 0.1) is 11.3 Å². The third-order valence-electron chi connectivity index (χ3n) is 4.52. The van der Waals surface area contributed by atoms with Gasteiger partial charge in [0.2, 0.25) is 0 Å². The van der Waals surface area contributed by atoms with Crippen LogP contribution >= 0.6 is 0 Å². The first kappa shape index (κ1) is 16.3.